The van der Waals surface area contributed by atoms with Crippen LogP contribution in [0.15, 0.2) is 58.0 Å². The van der Waals surface area contributed by atoms with E-state index in [0.29, 0.717) is 27.4 Å². The lowest BCUT2D eigenvalue weighted by Crippen LogP contribution is -2.38. The van der Waals surface area contributed by atoms with Gasteiger partial charge in [0.05, 0.1) is 17.1 Å². The molecule has 0 unspecified atom stereocenters. The molecular weight excluding hydrogens is 436 g/mol. The topological polar surface area (TPSA) is 71.3 Å². The second-order valence-corrected chi connectivity index (χ2v) is 8.96. The van der Waals surface area contributed by atoms with E-state index in [4.69, 9.17) is 16.0 Å². The Labute approximate surface area is 197 Å². The Hall–Kier alpha value is -3.38. The molecule has 1 fully saturated rings. The molecule has 4 heterocycles. The Morgan fingerprint density at radius 3 is 2.70 bits per heavy atom. The number of anilines is 2. The highest BCUT2D eigenvalue weighted by atomic mass is 35.5. The third-order valence-electron chi connectivity index (χ3n) is 6.15. The molecule has 168 valence electrons. The number of fused-ring (bicyclic) bond motifs is 1. The van der Waals surface area contributed by atoms with Gasteiger partial charge in [0.25, 0.3) is 0 Å². The summed E-state index contributed by atoms with van der Waals surface area (Å²) in [5, 5.41) is 4.63. The molecule has 0 aliphatic carbocycles. The number of halogens is 1. The molecule has 1 atom stereocenters. The van der Waals surface area contributed by atoms with Crippen LogP contribution in [0.5, 0.6) is 0 Å². The summed E-state index contributed by atoms with van der Waals surface area (Å²) in [6.07, 6.45) is 4.56. The fourth-order valence-corrected chi connectivity index (χ4v) is 4.42. The second-order valence-electron chi connectivity index (χ2n) is 8.57. The van der Waals surface area contributed by atoms with Crippen LogP contribution in [0.4, 0.5) is 11.5 Å². The third-order valence-corrected chi connectivity index (χ3v) is 6.36. The standard InChI is InChI=1S/C26H25ClN4O2/c1-15-12-19(17(3)29-21-7-8-22(27)30-26(21)31-10-5-11-31)25-20(13-15)23(32)16(2)24(33-25)18-6-4-9-28-14-18/h4,6-9,12-14,17,29H,5,10-11H2,1-3H3/t17-/m1/s1. The van der Waals surface area contributed by atoms with Crippen LogP contribution in [0.3, 0.4) is 0 Å². The number of pyridine rings is 2. The van der Waals surface area contributed by atoms with Crippen LogP contribution in [0.25, 0.3) is 22.3 Å². The molecule has 0 spiro atoms. The number of hydrogen-bond acceptors (Lipinski definition) is 6. The predicted octanol–water partition coefficient (Wildman–Crippen LogP) is 5.90. The smallest absolute Gasteiger partial charge is 0.196 e. The van der Waals surface area contributed by atoms with Crippen LogP contribution in [0.1, 0.15) is 36.1 Å². The molecule has 1 N–H and O–H groups in total. The van der Waals surface area contributed by atoms with E-state index < -0.39 is 0 Å². The Kier molecular flexibility index (Phi) is 5.54. The Morgan fingerprint density at radius 2 is 2.00 bits per heavy atom. The third kappa shape index (κ3) is 3.95. The summed E-state index contributed by atoms with van der Waals surface area (Å²) in [4.78, 5) is 24.2. The average molecular weight is 461 g/mol. The Balaban J connectivity index is 1.62. The molecule has 1 aromatic carbocycles. The normalized spacial score (nSPS) is 14.2. The van der Waals surface area contributed by atoms with Gasteiger partial charge in [0.15, 0.2) is 11.2 Å². The summed E-state index contributed by atoms with van der Waals surface area (Å²) in [6.45, 7) is 7.79. The average Bonchev–Trinajstić information content (AvgIpc) is 2.77. The number of nitrogens with zero attached hydrogens (tertiary/aromatic N) is 3. The zero-order valence-corrected chi connectivity index (χ0v) is 19.6. The van der Waals surface area contributed by atoms with E-state index in [1.807, 2.05) is 31.2 Å². The largest absolute Gasteiger partial charge is 0.455 e. The van der Waals surface area contributed by atoms with Gasteiger partial charge in [-0.3, -0.25) is 9.78 Å². The summed E-state index contributed by atoms with van der Waals surface area (Å²) in [6, 6.07) is 11.3. The second kappa shape index (κ2) is 8.52. The Bertz CT molecular complexity index is 1400. The van der Waals surface area contributed by atoms with E-state index >= 15 is 0 Å². The highest BCUT2D eigenvalue weighted by molar-refractivity contribution is 6.29. The van der Waals surface area contributed by atoms with E-state index in [0.717, 1.165) is 47.7 Å². The van der Waals surface area contributed by atoms with E-state index in [9.17, 15) is 4.79 Å². The zero-order chi connectivity index (χ0) is 23.1. The number of hydrogen-bond donors (Lipinski definition) is 1. The molecule has 1 aliphatic heterocycles. The zero-order valence-electron chi connectivity index (χ0n) is 18.9. The van der Waals surface area contributed by atoms with Crippen LogP contribution < -0.4 is 15.6 Å². The molecule has 33 heavy (non-hydrogen) atoms. The molecule has 0 bridgehead atoms. The van der Waals surface area contributed by atoms with E-state index in [1.54, 1.807) is 25.4 Å². The van der Waals surface area contributed by atoms with Crippen molar-refractivity contribution in [3.05, 3.63) is 80.9 Å². The maximum absolute atomic E-state index is 13.3. The van der Waals surface area contributed by atoms with Crippen molar-refractivity contribution in [2.24, 2.45) is 0 Å². The van der Waals surface area contributed by atoms with Gasteiger partial charge >= 0.3 is 0 Å². The summed E-state index contributed by atoms with van der Waals surface area (Å²) < 4.78 is 6.41. The van der Waals surface area contributed by atoms with E-state index in [1.165, 1.54) is 0 Å². The molecule has 0 saturated carbocycles. The predicted molar refractivity (Wildman–Crippen MR) is 133 cm³/mol. The minimum absolute atomic E-state index is 0.0262. The minimum atomic E-state index is -0.136. The van der Waals surface area contributed by atoms with Gasteiger partial charge in [-0.1, -0.05) is 17.7 Å². The van der Waals surface area contributed by atoms with Gasteiger partial charge in [0.1, 0.15) is 16.5 Å². The highest BCUT2D eigenvalue weighted by Crippen LogP contribution is 2.35. The Morgan fingerprint density at radius 1 is 1.18 bits per heavy atom. The molecule has 4 aromatic rings. The molecule has 6 nitrogen and oxygen atoms in total. The van der Waals surface area contributed by atoms with Crippen molar-refractivity contribution in [1.29, 1.82) is 0 Å². The molecule has 0 amide bonds. The summed E-state index contributed by atoms with van der Waals surface area (Å²) in [7, 11) is 0. The monoisotopic (exact) mass is 460 g/mol. The first kappa shape index (κ1) is 21.5. The lowest BCUT2D eigenvalue weighted by Gasteiger charge is -2.34. The quantitative estimate of drug-likeness (QED) is 0.373. The van der Waals surface area contributed by atoms with Crippen LogP contribution in [-0.4, -0.2) is 23.1 Å². The summed E-state index contributed by atoms with van der Waals surface area (Å²) >= 11 is 6.18. The molecule has 1 saturated heterocycles. The maximum Gasteiger partial charge on any atom is 0.196 e. The fourth-order valence-electron chi connectivity index (χ4n) is 4.28. The molecule has 1 aliphatic rings. The molecule has 0 radical (unpaired) electrons. The lowest BCUT2D eigenvalue weighted by molar-refractivity contribution is 0.604. The van der Waals surface area contributed by atoms with Crippen molar-refractivity contribution in [2.45, 2.75) is 33.2 Å². The van der Waals surface area contributed by atoms with Gasteiger partial charge < -0.3 is 14.6 Å². The number of rotatable bonds is 5. The fraction of sp³-hybridized carbons (Fsp3) is 0.269. The minimum Gasteiger partial charge on any atom is -0.455 e. The first-order chi connectivity index (χ1) is 15.9. The molecule has 3 aromatic heterocycles. The van der Waals surface area contributed by atoms with Crippen molar-refractivity contribution < 1.29 is 4.42 Å². The van der Waals surface area contributed by atoms with Crippen molar-refractivity contribution in [3.63, 3.8) is 0 Å². The van der Waals surface area contributed by atoms with Crippen molar-refractivity contribution in [3.8, 4) is 11.3 Å². The summed E-state index contributed by atoms with van der Waals surface area (Å²) in [5.74, 6) is 1.40. The lowest BCUT2D eigenvalue weighted by atomic mass is 9.99. The number of nitrogens with one attached hydrogen (secondary N) is 1. The van der Waals surface area contributed by atoms with Gasteiger partial charge in [-0.15, -0.1) is 0 Å². The highest BCUT2D eigenvalue weighted by Gasteiger charge is 2.23. The van der Waals surface area contributed by atoms with Gasteiger partial charge in [-0.25, -0.2) is 4.98 Å². The van der Waals surface area contributed by atoms with Gasteiger partial charge in [0, 0.05) is 42.2 Å². The first-order valence-corrected chi connectivity index (χ1v) is 11.5. The van der Waals surface area contributed by atoms with E-state index in [-0.39, 0.29) is 11.5 Å². The van der Waals surface area contributed by atoms with Crippen molar-refractivity contribution in [1.82, 2.24) is 9.97 Å². The van der Waals surface area contributed by atoms with Crippen molar-refractivity contribution in [2.75, 3.05) is 23.3 Å². The molecule has 7 heteroatoms. The number of aryl methyl sites for hydroxylation is 1. The van der Waals surface area contributed by atoms with Crippen LogP contribution in [0, 0.1) is 13.8 Å². The van der Waals surface area contributed by atoms with Gasteiger partial charge in [0.2, 0.25) is 0 Å². The van der Waals surface area contributed by atoms with Crippen LogP contribution >= 0.6 is 11.6 Å². The van der Waals surface area contributed by atoms with Crippen molar-refractivity contribution >= 4 is 34.1 Å². The molecular formula is C26H25ClN4O2. The summed E-state index contributed by atoms with van der Waals surface area (Å²) in [5.41, 5.74) is 4.74. The SMILES string of the molecule is Cc1cc([C@@H](C)Nc2ccc(Cl)nc2N2CCC2)c2oc(-c3cccnc3)c(C)c(=O)c2c1. The van der Waals surface area contributed by atoms with Gasteiger partial charge in [-0.05, 0) is 63.1 Å². The molecule has 5 rings (SSSR count). The van der Waals surface area contributed by atoms with Gasteiger partial charge in [-0.2, -0.15) is 0 Å². The van der Waals surface area contributed by atoms with Crippen LogP contribution in [0.2, 0.25) is 5.15 Å². The number of aromatic nitrogens is 2. The first-order valence-electron chi connectivity index (χ1n) is 11.1. The van der Waals surface area contributed by atoms with E-state index in [2.05, 4.69) is 33.2 Å². The maximum atomic E-state index is 13.3. The number of benzene rings is 1. The van der Waals surface area contributed by atoms with Crippen LogP contribution in [-0.2, 0) is 0 Å².